The van der Waals surface area contributed by atoms with E-state index in [-0.39, 0.29) is 22.1 Å². The Hall–Kier alpha value is -2.37. The number of fused-ring (bicyclic) bond motifs is 2. The van der Waals surface area contributed by atoms with Crippen LogP contribution in [0.25, 0.3) is 16.5 Å². The summed E-state index contributed by atoms with van der Waals surface area (Å²) in [6.07, 6.45) is -3.27. The molecule has 0 bridgehead atoms. The smallest absolute Gasteiger partial charge is 0.417 e. The number of rotatable bonds is 3. The molecular formula is C17H17F3N2O5S. The van der Waals surface area contributed by atoms with Crippen LogP contribution in [0.2, 0.25) is 0 Å². The largest absolute Gasteiger partial charge is 0.423 e. The van der Waals surface area contributed by atoms with Crippen molar-refractivity contribution < 1.29 is 30.6 Å². The third-order valence-corrected chi connectivity index (χ3v) is 5.09. The zero-order valence-electron chi connectivity index (χ0n) is 15.1. The van der Waals surface area contributed by atoms with Gasteiger partial charge in [-0.15, -0.1) is 0 Å². The second-order valence-electron chi connectivity index (χ2n) is 6.95. The van der Waals surface area contributed by atoms with Gasteiger partial charge in [0.15, 0.2) is 0 Å². The lowest BCUT2D eigenvalue weighted by atomic mass is 9.89. The van der Waals surface area contributed by atoms with Crippen LogP contribution >= 0.6 is 0 Å². The van der Waals surface area contributed by atoms with Gasteiger partial charge in [-0.3, -0.25) is 9.56 Å². The highest BCUT2D eigenvalue weighted by Crippen LogP contribution is 2.42. The summed E-state index contributed by atoms with van der Waals surface area (Å²) in [5.41, 5.74) is 0.0780. The van der Waals surface area contributed by atoms with Gasteiger partial charge in [-0.2, -0.15) is 21.6 Å². The molecule has 2 aromatic rings. The van der Waals surface area contributed by atoms with E-state index in [9.17, 15) is 30.9 Å². The molecule has 1 aromatic heterocycles. The van der Waals surface area contributed by atoms with E-state index < -0.39 is 38.8 Å². The van der Waals surface area contributed by atoms with Gasteiger partial charge in [0, 0.05) is 30.1 Å². The van der Waals surface area contributed by atoms with E-state index in [2.05, 4.69) is 5.43 Å². The first-order valence-corrected chi connectivity index (χ1v) is 9.68. The van der Waals surface area contributed by atoms with Gasteiger partial charge >= 0.3 is 11.8 Å². The number of alkyl halides is 3. The molecule has 0 spiro atoms. The number of hydrogen-bond acceptors (Lipinski definition) is 6. The number of nitrogens with one attached hydrogen (secondary N) is 1. The van der Waals surface area contributed by atoms with Crippen molar-refractivity contribution in [3.63, 3.8) is 0 Å². The Kier molecular flexibility index (Phi) is 4.60. The normalized spacial score (nSPS) is 16.8. The maximum atomic E-state index is 13.4. The number of nitrogens with zero attached hydrogens (tertiary/aromatic N) is 1. The topological polar surface area (TPSA) is 99.9 Å². The molecule has 7 nitrogen and oxygen atoms in total. The average Bonchev–Trinajstić information content (AvgIpc) is 2.49. The Morgan fingerprint density at radius 2 is 1.89 bits per heavy atom. The number of halogens is 3. The molecule has 0 unspecified atom stereocenters. The molecule has 0 saturated carbocycles. The van der Waals surface area contributed by atoms with Crippen LogP contribution in [0, 0.1) is 0 Å². The summed E-state index contributed by atoms with van der Waals surface area (Å²) in [5.74, 6) is -0.773. The molecule has 0 atom stereocenters. The van der Waals surface area contributed by atoms with Crippen LogP contribution in [0.5, 0.6) is 0 Å². The lowest BCUT2D eigenvalue weighted by molar-refractivity contribution is -0.136. The lowest BCUT2D eigenvalue weighted by Gasteiger charge is -2.42. The zero-order valence-corrected chi connectivity index (χ0v) is 15.9. The van der Waals surface area contributed by atoms with Gasteiger partial charge in [-0.25, -0.2) is 10.2 Å². The van der Waals surface area contributed by atoms with Gasteiger partial charge in [0.25, 0.3) is 10.1 Å². The maximum Gasteiger partial charge on any atom is 0.417 e. The minimum atomic E-state index is -4.81. The molecule has 0 aliphatic carbocycles. The molecule has 0 amide bonds. The first-order valence-electron chi connectivity index (χ1n) is 8.07. The predicted octanol–water partition coefficient (Wildman–Crippen LogP) is 2.82. The Balaban J connectivity index is 2.41. The maximum absolute atomic E-state index is 13.4. The van der Waals surface area contributed by atoms with Crippen LogP contribution < -0.4 is 16.1 Å². The molecule has 28 heavy (non-hydrogen) atoms. The molecule has 2 N–H and O–H groups in total. The highest BCUT2D eigenvalue weighted by Gasteiger charge is 2.37. The molecule has 11 heteroatoms. The van der Waals surface area contributed by atoms with Crippen molar-refractivity contribution >= 4 is 32.3 Å². The van der Waals surface area contributed by atoms with Crippen molar-refractivity contribution in [3.05, 3.63) is 45.8 Å². The second kappa shape index (κ2) is 6.33. The Morgan fingerprint density at radius 3 is 2.43 bits per heavy atom. The molecule has 0 saturated heterocycles. The third kappa shape index (κ3) is 3.64. The molecule has 2 heterocycles. The summed E-state index contributed by atoms with van der Waals surface area (Å²) < 4.78 is 77.4. The van der Waals surface area contributed by atoms with Gasteiger partial charge < -0.3 is 4.42 Å². The van der Waals surface area contributed by atoms with E-state index in [4.69, 9.17) is 4.42 Å². The predicted molar refractivity (Wildman–Crippen MR) is 97.5 cm³/mol. The Labute approximate surface area is 158 Å². The second-order valence-corrected chi connectivity index (χ2v) is 8.40. The minimum Gasteiger partial charge on any atom is -0.423 e. The molecule has 3 rings (SSSR count). The van der Waals surface area contributed by atoms with Crippen LogP contribution in [0.1, 0.15) is 25.0 Å². The fraction of sp³-hybridized carbons (Fsp3) is 0.353. The van der Waals surface area contributed by atoms with E-state index in [1.807, 2.05) is 0 Å². The standard InChI is InChI=1S/C17H17F3N2O5S/c1-16(2)7-9(8-28(24,25)26)10-4-11-12(17(18,19)20)5-15(23)27-14(11)6-13(10)22(16)21-3/h4-7,21H,8H2,1-3H3,(H,24,25,26). The lowest BCUT2D eigenvalue weighted by Crippen LogP contribution is -2.52. The van der Waals surface area contributed by atoms with Crippen LogP contribution in [-0.2, 0) is 16.3 Å². The van der Waals surface area contributed by atoms with Crippen molar-refractivity contribution in [1.29, 1.82) is 0 Å². The molecular weight excluding hydrogens is 401 g/mol. The summed E-state index contributed by atoms with van der Waals surface area (Å²) in [6.45, 7) is 3.48. The van der Waals surface area contributed by atoms with Crippen molar-refractivity contribution in [1.82, 2.24) is 5.43 Å². The fourth-order valence-electron chi connectivity index (χ4n) is 3.48. The highest BCUT2D eigenvalue weighted by atomic mass is 32.2. The van der Waals surface area contributed by atoms with Gasteiger partial charge in [0.2, 0.25) is 0 Å². The first-order chi connectivity index (χ1) is 12.7. The van der Waals surface area contributed by atoms with Crippen molar-refractivity contribution in [2.75, 3.05) is 17.8 Å². The summed E-state index contributed by atoms with van der Waals surface area (Å²) in [7, 11) is -2.86. The van der Waals surface area contributed by atoms with E-state index >= 15 is 0 Å². The molecule has 1 aliphatic heterocycles. The average molecular weight is 418 g/mol. The van der Waals surface area contributed by atoms with Gasteiger partial charge in [-0.1, -0.05) is 6.08 Å². The molecule has 1 aliphatic rings. The van der Waals surface area contributed by atoms with Crippen LogP contribution in [-0.4, -0.2) is 31.3 Å². The molecule has 0 radical (unpaired) electrons. The highest BCUT2D eigenvalue weighted by molar-refractivity contribution is 7.86. The fourth-order valence-corrected chi connectivity index (χ4v) is 4.11. The summed E-state index contributed by atoms with van der Waals surface area (Å²) in [5, 5.41) is 1.21. The number of hydrogen-bond donors (Lipinski definition) is 2. The summed E-state index contributed by atoms with van der Waals surface area (Å²) >= 11 is 0. The monoisotopic (exact) mass is 418 g/mol. The number of hydrazine groups is 1. The van der Waals surface area contributed by atoms with E-state index in [0.717, 1.165) is 6.07 Å². The van der Waals surface area contributed by atoms with Crippen molar-refractivity contribution in [2.45, 2.75) is 25.6 Å². The minimum absolute atomic E-state index is 0.134. The molecule has 1 aromatic carbocycles. The zero-order chi connectivity index (χ0) is 21.1. The molecule has 0 fully saturated rings. The summed E-state index contributed by atoms with van der Waals surface area (Å²) in [6, 6.07) is 2.72. The Bertz CT molecular complexity index is 1150. The third-order valence-electron chi connectivity index (χ3n) is 4.42. The number of anilines is 1. The quantitative estimate of drug-likeness (QED) is 0.584. The Morgan fingerprint density at radius 1 is 1.25 bits per heavy atom. The van der Waals surface area contributed by atoms with Gasteiger partial charge in [0.05, 0.1) is 16.8 Å². The van der Waals surface area contributed by atoms with E-state index in [1.54, 1.807) is 25.9 Å². The van der Waals surface area contributed by atoms with Crippen molar-refractivity contribution in [3.8, 4) is 0 Å². The van der Waals surface area contributed by atoms with Crippen LogP contribution in [0.3, 0.4) is 0 Å². The van der Waals surface area contributed by atoms with Crippen LogP contribution in [0.15, 0.2) is 33.5 Å². The van der Waals surface area contributed by atoms with E-state index in [1.165, 1.54) is 12.1 Å². The molecule has 152 valence electrons. The first kappa shape index (κ1) is 20.4. The van der Waals surface area contributed by atoms with Crippen LogP contribution in [0.4, 0.5) is 18.9 Å². The van der Waals surface area contributed by atoms with Crippen molar-refractivity contribution in [2.24, 2.45) is 0 Å². The van der Waals surface area contributed by atoms with E-state index in [0.29, 0.717) is 11.8 Å². The number of benzene rings is 1. The summed E-state index contributed by atoms with van der Waals surface area (Å²) in [4.78, 5) is 11.6. The van der Waals surface area contributed by atoms with Gasteiger partial charge in [0.1, 0.15) is 11.3 Å². The van der Waals surface area contributed by atoms with Gasteiger partial charge in [-0.05, 0) is 25.5 Å². The SMILES string of the molecule is CNN1c2cc3oc(=O)cc(C(F)(F)F)c3cc2C(CS(=O)(=O)O)=CC1(C)C.